The van der Waals surface area contributed by atoms with Gasteiger partial charge in [-0.3, -0.25) is 9.79 Å². The predicted octanol–water partition coefficient (Wildman–Crippen LogP) is 3.89. The largest absolute Gasteiger partial charge is 0.497 e. The Morgan fingerprint density at radius 3 is 2.36 bits per heavy atom. The number of ether oxygens (including phenoxy) is 3. The molecular formula is C21H24N2O4S. The third kappa shape index (κ3) is 4.59. The summed E-state index contributed by atoms with van der Waals surface area (Å²) in [4.78, 5) is 19.6. The van der Waals surface area contributed by atoms with Crippen LogP contribution in [-0.4, -0.2) is 51.1 Å². The van der Waals surface area contributed by atoms with Gasteiger partial charge in [-0.2, -0.15) is 0 Å². The Hall–Kier alpha value is -2.67. The average Bonchev–Trinajstić information content (AvgIpc) is 2.77. The lowest BCUT2D eigenvalue weighted by Crippen LogP contribution is -2.36. The third-order valence-electron chi connectivity index (χ3n) is 4.40. The summed E-state index contributed by atoms with van der Waals surface area (Å²) in [6.07, 6.45) is 1.03. The van der Waals surface area contributed by atoms with Gasteiger partial charge in [0.1, 0.15) is 17.2 Å². The maximum absolute atomic E-state index is 13.0. The number of hydrogen-bond acceptors (Lipinski definition) is 7. The number of methoxy groups -OCH3 is 3. The average molecular weight is 401 g/mol. The van der Waals surface area contributed by atoms with E-state index in [1.54, 1.807) is 57.4 Å². The number of nitrogens with zero attached hydrogens (tertiary/aromatic N) is 2. The molecule has 0 atom stereocenters. The van der Waals surface area contributed by atoms with Crippen molar-refractivity contribution in [1.82, 2.24) is 0 Å². The van der Waals surface area contributed by atoms with Crippen LogP contribution in [0, 0.1) is 0 Å². The van der Waals surface area contributed by atoms with Gasteiger partial charge in [0.05, 0.1) is 33.6 Å². The first-order valence-corrected chi connectivity index (χ1v) is 9.99. The molecule has 148 valence electrons. The van der Waals surface area contributed by atoms with E-state index in [1.165, 1.54) is 0 Å². The summed E-state index contributed by atoms with van der Waals surface area (Å²) in [6.45, 7) is 0.906. The molecule has 0 fully saturated rings. The molecule has 6 nitrogen and oxygen atoms in total. The zero-order valence-corrected chi connectivity index (χ0v) is 17.1. The molecule has 0 N–H and O–H groups in total. The van der Waals surface area contributed by atoms with E-state index in [2.05, 4.69) is 4.99 Å². The first kappa shape index (κ1) is 20.1. The first-order chi connectivity index (χ1) is 13.7. The fourth-order valence-corrected chi connectivity index (χ4v) is 3.84. The minimum atomic E-state index is -0.0126. The molecule has 0 amide bonds. The maximum Gasteiger partial charge on any atom is 0.182 e. The molecule has 0 saturated carbocycles. The van der Waals surface area contributed by atoms with Gasteiger partial charge in [-0.25, -0.2) is 0 Å². The van der Waals surface area contributed by atoms with Gasteiger partial charge in [0.15, 0.2) is 11.0 Å². The van der Waals surface area contributed by atoms with Crippen LogP contribution in [-0.2, 0) is 0 Å². The Kier molecular flexibility index (Phi) is 6.81. The SMILES string of the molecule is COc1ccc(C(=O)CN(C2=NCCCS2)c2cc(OC)ccc2OC)cc1. The monoisotopic (exact) mass is 400 g/mol. The predicted molar refractivity (Wildman–Crippen MR) is 114 cm³/mol. The van der Waals surface area contributed by atoms with E-state index in [0.717, 1.165) is 35.3 Å². The zero-order chi connectivity index (χ0) is 19.9. The van der Waals surface area contributed by atoms with Gasteiger partial charge in [-0.05, 0) is 42.8 Å². The second-order valence-electron chi connectivity index (χ2n) is 6.14. The molecule has 1 aliphatic rings. The number of thioether (sulfide) groups is 1. The van der Waals surface area contributed by atoms with E-state index in [9.17, 15) is 4.79 Å². The van der Waals surface area contributed by atoms with Crippen LogP contribution in [0.3, 0.4) is 0 Å². The van der Waals surface area contributed by atoms with Gasteiger partial charge in [-0.1, -0.05) is 11.8 Å². The van der Waals surface area contributed by atoms with Crippen molar-refractivity contribution in [1.29, 1.82) is 0 Å². The number of carbonyl (C=O) groups excluding carboxylic acids is 1. The van der Waals surface area contributed by atoms with E-state index in [1.807, 2.05) is 23.1 Å². The van der Waals surface area contributed by atoms with E-state index >= 15 is 0 Å². The molecular weight excluding hydrogens is 376 g/mol. The Bertz CT molecular complexity index is 852. The highest BCUT2D eigenvalue weighted by atomic mass is 32.2. The molecule has 0 saturated heterocycles. The summed E-state index contributed by atoms with van der Waals surface area (Å²) in [5.41, 5.74) is 1.38. The Morgan fingerprint density at radius 1 is 1.04 bits per heavy atom. The first-order valence-electron chi connectivity index (χ1n) is 9.00. The minimum Gasteiger partial charge on any atom is -0.497 e. The van der Waals surface area contributed by atoms with Gasteiger partial charge in [0.2, 0.25) is 0 Å². The van der Waals surface area contributed by atoms with Crippen molar-refractivity contribution in [2.24, 2.45) is 4.99 Å². The molecule has 1 aliphatic heterocycles. The van der Waals surface area contributed by atoms with Crippen LogP contribution >= 0.6 is 11.8 Å². The zero-order valence-electron chi connectivity index (χ0n) is 16.3. The lowest BCUT2D eigenvalue weighted by molar-refractivity contribution is 0.100. The normalized spacial score (nSPS) is 13.5. The van der Waals surface area contributed by atoms with Crippen molar-refractivity contribution in [2.45, 2.75) is 6.42 Å². The van der Waals surface area contributed by atoms with Gasteiger partial charge in [0.25, 0.3) is 0 Å². The van der Waals surface area contributed by atoms with Crippen molar-refractivity contribution in [2.75, 3.05) is 45.1 Å². The number of carbonyl (C=O) groups is 1. The second-order valence-corrected chi connectivity index (χ2v) is 7.20. The van der Waals surface area contributed by atoms with Crippen molar-refractivity contribution >= 4 is 28.4 Å². The van der Waals surface area contributed by atoms with Crippen LogP contribution in [0.1, 0.15) is 16.8 Å². The van der Waals surface area contributed by atoms with Gasteiger partial charge in [-0.15, -0.1) is 0 Å². The number of benzene rings is 2. The third-order valence-corrected chi connectivity index (χ3v) is 5.50. The smallest absolute Gasteiger partial charge is 0.182 e. The van der Waals surface area contributed by atoms with Crippen molar-refractivity contribution < 1.29 is 19.0 Å². The number of aliphatic imine (C=N–C) groups is 1. The van der Waals surface area contributed by atoms with E-state index in [4.69, 9.17) is 14.2 Å². The summed E-state index contributed by atoms with van der Waals surface area (Å²) in [7, 11) is 4.84. The van der Waals surface area contributed by atoms with Crippen molar-refractivity contribution in [3.05, 3.63) is 48.0 Å². The topological polar surface area (TPSA) is 60.4 Å². The lowest BCUT2D eigenvalue weighted by Gasteiger charge is -2.28. The van der Waals surface area contributed by atoms with E-state index < -0.39 is 0 Å². The molecule has 0 aromatic heterocycles. The quantitative estimate of drug-likeness (QED) is 0.657. The number of hydrogen-bond donors (Lipinski definition) is 0. The summed E-state index contributed by atoms with van der Waals surface area (Å²) >= 11 is 1.65. The van der Waals surface area contributed by atoms with Crippen LogP contribution in [0.25, 0.3) is 0 Å². The van der Waals surface area contributed by atoms with Gasteiger partial charge in [0, 0.05) is 23.9 Å². The van der Waals surface area contributed by atoms with Gasteiger partial charge < -0.3 is 19.1 Å². The summed E-state index contributed by atoms with van der Waals surface area (Å²) < 4.78 is 16.1. The van der Waals surface area contributed by atoms with Crippen molar-refractivity contribution in [3.8, 4) is 17.2 Å². The molecule has 0 spiro atoms. The highest BCUT2D eigenvalue weighted by Gasteiger charge is 2.24. The standard InChI is InChI=1S/C21H24N2O4S/c1-25-16-7-5-15(6-8-16)19(24)14-23(21-22-11-4-12-28-21)18-13-17(26-2)9-10-20(18)27-3/h5-10,13H,4,11-12,14H2,1-3H3. The van der Waals surface area contributed by atoms with Crippen molar-refractivity contribution in [3.63, 3.8) is 0 Å². The highest BCUT2D eigenvalue weighted by molar-refractivity contribution is 8.14. The Morgan fingerprint density at radius 2 is 1.75 bits per heavy atom. The van der Waals surface area contributed by atoms with Crippen LogP contribution in [0.15, 0.2) is 47.5 Å². The lowest BCUT2D eigenvalue weighted by atomic mass is 10.1. The number of rotatable bonds is 7. The maximum atomic E-state index is 13.0. The molecule has 28 heavy (non-hydrogen) atoms. The summed E-state index contributed by atoms with van der Waals surface area (Å²) in [5, 5.41) is 0.819. The molecule has 7 heteroatoms. The number of anilines is 1. The molecule has 0 aliphatic carbocycles. The summed E-state index contributed by atoms with van der Waals surface area (Å²) in [5.74, 6) is 3.03. The van der Waals surface area contributed by atoms with Crippen LogP contribution in [0.5, 0.6) is 17.2 Å². The highest BCUT2D eigenvalue weighted by Crippen LogP contribution is 2.35. The molecule has 0 radical (unpaired) electrons. The molecule has 3 rings (SSSR count). The second kappa shape index (κ2) is 9.50. The van der Waals surface area contributed by atoms with Gasteiger partial charge >= 0.3 is 0 Å². The molecule has 2 aromatic carbocycles. The van der Waals surface area contributed by atoms with Crippen LogP contribution in [0.4, 0.5) is 5.69 Å². The molecule has 1 heterocycles. The number of Topliss-reactive ketones (excluding diaryl/α,β-unsaturated/α-hetero) is 1. The number of ketones is 1. The minimum absolute atomic E-state index is 0.0126. The van der Waals surface area contributed by atoms with Crippen LogP contribution < -0.4 is 19.1 Å². The Balaban J connectivity index is 1.95. The molecule has 0 unspecified atom stereocenters. The molecule has 2 aromatic rings. The Labute approximate surface area is 169 Å². The number of amidine groups is 1. The van der Waals surface area contributed by atoms with Crippen LogP contribution in [0.2, 0.25) is 0 Å². The summed E-state index contributed by atoms with van der Waals surface area (Å²) in [6, 6.07) is 12.7. The fourth-order valence-electron chi connectivity index (χ4n) is 2.89. The van der Waals surface area contributed by atoms with E-state index in [0.29, 0.717) is 17.1 Å². The van der Waals surface area contributed by atoms with E-state index in [-0.39, 0.29) is 12.3 Å². The fraction of sp³-hybridized carbons (Fsp3) is 0.333. The molecule has 0 bridgehead atoms.